The van der Waals surface area contributed by atoms with Crippen molar-refractivity contribution in [3.05, 3.63) is 102 Å². The van der Waals surface area contributed by atoms with Crippen molar-refractivity contribution in [1.29, 1.82) is 0 Å². The third kappa shape index (κ3) is 6.11. The third-order valence-corrected chi connectivity index (χ3v) is 7.90. The Morgan fingerprint density at radius 1 is 1.02 bits per heavy atom. The molecule has 3 aromatic rings. The van der Waals surface area contributed by atoms with Crippen LogP contribution in [-0.2, 0) is 29.1 Å². The summed E-state index contributed by atoms with van der Waals surface area (Å²) in [7, 11) is 0. The Morgan fingerprint density at radius 2 is 1.78 bits per heavy atom. The fraction of sp³-hybridized carbons (Fsp3) is 0.281. The number of benzene rings is 3. The molecular weight excluding hydrogens is 588 g/mol. The van der Waals surface area contributed by atoms with Gasteiger partial charge in [-0.05, 0) is 29.3 Å². The van der Waals surface area contributed by atoms with Gasteiger partial charge in [-0.3, -0.25) is 9.59 Å². The van der Waals surface area contributed by atoms with E-state index in [1.54, 1.807) is 29.3 Å². The lowest BCUT2D eigenvalue weighted by Crippen LogP contribution is -2.76. The first-order valence-corrected chi connectivity index (χ1v) is 14.4. The molecule has 3 aliphatic rings. The predicted molar refractivity (Wildman–Crippen MR) is 157 cm³/mol. The van der Waals surface area contributed by atoms with Gasteiger partial charge < -0.3 is 29.7 Å². The lowest BCUT2D eigenvalue weighted by molar-refractivity contribution is -0.287. The van der Waals surface area contributed by atoms with Gasteiger partial charge >= 0.3 is 12.3 Å². The SMILES string of the molecule is C=CCN1CC(=O)N2C(Cc3ccc(O)cc3)C(=O)N(Cc3cccc4c3OC(F)(F)O4)CC2N1C(=O)NCc1ccccc1. The lowest BCUT2D eigenvalue weighted by atomic mass is 9.98. The minimum absolute atomic E-state index is 0.0422. The Bertz CT molecular complexity index is 1610. The molecule has 2 unspecified atom stereocenters. The van der Waals surface area contributed by atoms with E-state index in [0.717, 1.165) is 5.56 Å². The maximum Gasteiger partial charge on any atom is 0.586 e. The number of fused-ring (bicyclic) bond motifs is 2. The number of amides is 4. The van der Waals surface area contributed by atoms with E-state index in [4.69, 9.17) is 4.74 Å². The van der Waals surface area contributed by atoms with Gasteiger partial charge in [0, 0.05) is 31.6 Å². The smallest absolute Gasteiger partial charge is 0.508 e. The zero-order valence-electron chi connectivity index (χ0n) is 24.1. The topological polar surface area (TPSA) is 115 Å². The monoisotopic (exact) mass is 619 g/mol. The van der Waals surface area contributed by atoms with Gasteiger partial charge in [-0.2, -0.15) is 0 Å². The molecule has 0 bridgehead atoms. The van der Waals surface area contributed by atoms with E-state index >= 15 is 0 Å². The van der Waals surface area contributed by atoms with Gasteiger partial charge in [0.1, 0.15) is 18.0 Å². The number of ether oxygens (including phenoxy) is 2. The highest BCUT2D eigenvalue weighted by molar-refractivity contribution is 5.91. The average molecular weight is 620 g/mol. The molecule has 0 saturated carbocycles. The molecule has 2 N–H and O–H groups in total. The van der Waals surface area contributed by atoms with Crippen LogP contribution in [0, 0.1) is 0 Å². The van der Waals surface area contributed by atoms with E-state index in [1.807, 2.05) is 30.3 Å². The van der Waals surface area contributed by atoms with Crippen molar-refractivity contribution in [2.45, 2.75) is 38.0 Å². The summed E-state index contributed by atoms with van der Waals surface area (Å²) in [6, 6.07) is 18.5. The second-order valence-electron chi connectivity index (χ2n) is 10.9. The lowest BCUT2D eigenvalue weighted by Gasteiger charge is -2.55. The zero-order valence-corrected chi connectivity index (χ0v) is 24.1. The van der Waals surface area contributed by atoms with Crippen LogP contribution < -0.4 is 14.8 Å². The van der Waals surface area contributed by atoms with Crippen molar-refractivity contribution in [2.75, 3.05) is 19.6 Å². The fourth-order valence-electron chi connectivity index (χ4n) is 5.91. The number of carbonyl (C=O) groups is 3. The quantitative estimate of drug-likeness (QED) is 0.372. The largest absolute Gasteiger partial charge is 0.586 e. The average Bonchev–Trinajstić information content (AvgIpc) is 3.34. The molecule has 45 heavy (non-hydrogen) atoms. The van der Waals surface area contributed by atoms with E-state index in [-0.39, 0.29) is 67.9 Å². The van der Waals surface area contributed by atoms with Crippen LogP contribution in [0.2, 0.25) is 0 Å². The molecule has 2 saturated heterocycles. The summed E-state index contributed by atoms with van der Waals surface area (Å²) in [5, 5.41) is 15.7. The molecule has 0 aromatic heterocycles. The summed E-state index contributed by atoms with van der Waals surface area (Å²) in [5.41, 5.74) is 1.82. The number of hydrazine groups is 1. The highest BCUT2D eigenvalue weighted by atomic mass is 19.3. The Balaban J connectivity index is 1.35. The van der Waals surface area contributed by atoms with Crippen molar-refractivity contribution < 1.29 is 37.7 Å². The van der Waals surface area contributed by atoms with Crippen molar-refractivity contribution in [2.24, 2.45) is 0 Å². The van der Waals surface area contributed by atoms with Crippen molar-refractivity contribution in [3.63, 3.8) is 0 Å². The van der Waals surface area contributed by atoms with Gasteiger partial charge in [-0.15, -0.1) is 15.4 Å². The molecule has 0 spiro atoms. The molecule has 2 fully saturated rings. The minimum Gasteiger partial charge on any atom is -0.508 e. The van der Waals surface area contributed by atoms with Crippen LogP contribution in [-0.4, -0.2) is 80.9 Å². The number of carbonyl (C=O) groups excluding carboxylic acids is 3. The van der Waals surface area contributed by atoms with Gasteiger partial charge in [0.15, 0.2) is 11.5 Å². The fourth-order valence-corrected chi connectivity index (χ4v) is 5.91. The van der Waals surface area contributed by atoms with Gasteiger partial charge in [-0.25, -0.2) is 14.8 Å². The third-order valence-electron chi connectivity index (χ3n) is 7.90. The standard InChI is InChI=1S/C32H31F2N5O6/c1-2-15-37-20-28(41)38-25(16-21-11-13-24(40)14-12-21)30(42)36(18-23-9-6-10-26-29(23)45-32(33,34)44-26)19-27(38)39(37)31(43)35-17-22-7-4-3-5-8-22/h2-14,25,27,40H,1,15-20H2,(H,35,43). The molecule has 3 aromatic carbocycles. The van der Waals surface area contributed by atoms with Gasteiger partial charge in [0.25, 0.3) is 0 Å². The number of hydrogen-bond acceptors (Lipinski definition) is 7. The van der Waals surface area contributed by atoms with Crippen LogP contribution in [0.4, 0.5) is 13.6 Å². The molecule has 13 heteroatoms. The predicted octanol–water partition coefficient (Wildman–Crippen LogP) is 3.45. The van der Waals surface area contributed by atoms with Crippen LogP contribution in [0.1, 0.15) is 16.7 Å². The summed E-state index contributed by atoms with van der Waals surface area (Å²) in [4.78, 5) is 44.6. The number of hydrogen-bond donors (Lipinski definition) is 2. The van der Waals surface area contributed by atoms with Crippen LogP contribution >= 0.6 is 0 Å². The van der Waals surface area contributed by atoms with Crippen molar-refractivity contribution in [3.8, 4) is 17.2 Å². The number of para-hydroxylation sites is 1. The molecule has 11 nitrogen and oxygen atoms in total. The summed E-state index contributed by atoms with van der Waals surface area (Å²) >= 11 is 0. The molecule has 3 aliphatic heterocycles. The molecule has 0 aliphatic carbocycles. The first-order valence-electron chi connectivity index (χ1n) is 14.4. The molecule has 234 valence electrons. The molecule has 4 amide bonds. The number of halogens is 2. The zero-order chi connectivity index (χ0) is 31.7. The number of aromatic hydroxyl groups is 1. The normalized spacial score (nSPS) is 20.6. The summed E-state index contributed by atoms with van der Waals surface area (Å²) in [6.45, 7) is 3.75. The van der Waals surface area contributed by atoms with Crippen LogP contribution in [0.5, 0.6) is 17.2 Å². The second kappa shape index (κ2) is 12.1. The van der Waals surface area contributed by atoms with E-state index in [9.17, 15) is 28.3 Å². The van der Waals surface area contributed by atoms with Crippen LogP contribution in [0.15, 0.2) is 85.5 Å². The first-order chi connectivity index (χ1) is 21.6. The Labute approximate surface area is 257 Å². The highest BCUT2D eigenvalue weighted by Gasteiger charge is 2.52. The van der Waals surface area contributed by atoms with Gasteiger partial charge in [0.2, 0.25) is 11.8 Å². The summed E-state index contributed by atoms with van der Waals surface area (Å²) < 4.78 is 37.3. The molecular formula is C32H31F2N5O6. The van der Waals surface area contributed by atoms with Crippen molar-refractivity contribution >= 4 is 17.8 Å². The van der Waals surface area contributed by atoms with Crippen molar-refractivity contribution in [1.82, 2.24) is 25.1 Å². The number of phenolic OH excluding ortho intramolecular Hbond substituents is 1. The van der Waals surface area contributed by atoms with Gasteiger partial charge in [-0.1, -0.05) is 60.7 Å². The number of nitrogens with one attached hydrogen (secondary N) is 1. The number of rotatable bonds is 8. The Kier molecular flexibility index (Phi) is 8.02. The highest BCUT2D eigenvalue weighted by Crippen LogP contribution is 2.44. The number of nitrogens with zero attached hydrogens (tertiary/aromatic N) is 4. The number of phenols is 1. The molecule has 3 heterocycles. The number of alkyl halides is 2. The van der Waals surface area contributed by atoms with Gasteiger partial charge in [0.05, 0.1) is 13.1 Å². The minimum atomic E-state index is -3.85. The van der Waals surface area contributed by atoms with Crippen LogP contribution in [0.3, 0.4) is 0 Å². The maximum absolute atomic E-state index is 14.1. The van der Waals surface area contributed by atoms with Crippen LogP contribution in [0.25, 0.3) is 0 Å². The number of piperazine rings is 1. The summed E-state index contributed by atoms with van der Waals surface area (Å²) in [5.74, 6) is -1.09. The van der Waals surface area contributed by atoms with E-state index in [1.165, 1.54) is 39.1 Å². The molecule has 6 rings (SSSR count). The second-order valence-corrected chi connectivity index (χ2v) is 10.9. The van der Waals surface area contributed by atoms with E-state index in [0.29, 0.717) is 5.56 Å². The molecule has 2 atom stereocenters. The Morgan fingerprint density at radius 3 is 2.51 bits per heavy atom. The first kappa shape index (κ1) is 29.9. The number of urea groups is 1. The van der Waals surface area contributed by atoms with E-state index in [2.05, 4.69) is 16.6 Å². The molecule has 0 radical (unpaired) electrons. The summed E-state index contributed by atoms with van der Waals surface area (Å²) in [6.07, 6.45) is -3.12. The van der Waals surface area contributed by atoms with E-state index < -0.39 is 30.4 Å². The maximum atomic E-state index is 14.1. The Hall–Kier alpha value is -5.17.